The number of carbonyl (C=O) groups is 1. The van der Waals surface area contributed by atoms with Crippen LogP contribution in [0.3, 0.4) is 0 Å². The van der Waals surface area contributed by atoms with Crippen molar-refractivity contribution in [1.82, 2.24) is 10.3 Å². The lowest BCUT2D eigenvalue weighted by atomic mass is 9.86. The van der Waals surface area contributed by atoms with Gasteiger partial charge in [-0.05, 0) is 44.7 Å². The summed E-state index contributed by atoms with van der Waals surface area (Å²) in [4.78, 5) is 17.8. The zero-order valence-corrected chi connectivity index (χ0v) is 16.0. The maximum atomic E-state index is 12.6. The minimum atomic E-state index is 0.00957. The van der Waals surface area contributed by atoms with E-state index in [1.807, 2.05) is 38.1 Å². The summed E-state index contributed by atoms with van der Waals surface area (Å²) in [7, 11) is 0. The molecule has 1 aromatic carbocycles. The normalized spacial score (nSPS) is 20.3. The standard InChI is InChI=1S/C20H26N2O2S/c1-13-8-10-16(11-9-13)24-12-18-21-15(3)19(25-18)20(23)22-17-7-5-4-6-14(17)2/h8-11,14,17H,4-7,12H2,1-3H3,(H,22,23)/t14-,17-/m0/s1. The van der Waals surface area contributed by atoms with E-state index in [2.05, 4.69) is 17.2 Å². The third-order valence-corrected chi connectivity index (χ3v) is 5.99. The number of aryl methyl sites for hydroxylation is 2. The Morgan fingerprint density at radius 2 is 1.96 bits per heavy atom. The largest absolute Gasteiger partial charge is 0.486 e. The van der Waals surface area contributed by atoms with E-state index in [9.17, 15) is 4.79 Å². The van der Waals surface area contributed by atoms with E-state index in [-0.39, 0.29) is 11.9 Å². The van der Waals surface area contributed by atoms with Crippen LogP contribution in [0.15, 0.2) is 24.3 Å². The quantitative estimate of drug-likeness (QED) is 0.846. The Hall–Kier alpha value is -1.88. The van der Waals surface area contributed by atoms with Gasteiger partial charge in [0.25, 0.3) is 5.91 Å². The molecule has 1 heterocycles. The monoisotopic (exact) mass is 358 g/mol. The number of ether oxygens (including phenoxy) is 1. The van der Waals surface area contributed by atoms with Gasteiger partial charge in [-0.25, -0.2) is 4.98 Å². The van der Waals surface area contributed by atoms with Gasteiger partial charge in [0.15, 0.2) is 0 Å². The van der Waals surface area contributed by atoms with Crippen molar-refractivity contribution >= 4 is 17.2 Å². The molecule has 1 fully saturated rings. The van der Waals surface area contributed by atoms with Crippen molar-refractivity contribution in [2.24, 2.45) is 5.92 Å². The van der Waals surface area contributed by atoms with E-state index in [1.54, 1.807) is 0 Å². The maximum Gasteiger partial charge on any atom is 0.263 e. The lowest BCUT2D eigenvalue weighted by molar-refractivity contribution is 0.0913. The van der Waals surface area contributed by atoms with Crippen molar-refractivity contribution in [3.8, 4) is 5.75 Å². The van der Waals surface area contributed by atoms with Gasteiger partial charge in [0.05, 0.1) is 5.69 Å². The first-order chi connectivity index (χ1) is 12.0. The van der Waals surface area contributed by atoms with Gasteiger partial charge in [-0.2, -0.15) is 0 Å². The summed E-state index contributed by atoms with van der Waals surface area (Å²) < 4.78 is 5.78. The highest BCUT2D eigenvalue weighted by Crippen LogP contribution is 2.25. The van der Waals surface area contributed by atoms with Crippen molar-refractivity contribution in [1.29, 1.82) is 0 Å². The van der Waals surface area contributed by atoms with Gasteiger partial charge in [-0.15, -0.1) is 11.3 Å². The van der Waals surface area contributed by atoms with Crippen LogP contribution in [-0.4, -0.2) is 16.9 Å². The highest BCUT2D eigenvalue weighted by Gasteiger charge is 2.25. The topological polar surface area (TPSA) is 51.2 Å². The van der Waals surface area contributed by atoms with E-state index in [0.717, 1.165) is 22.9 Å². The van der Waals surface area contributed by atoms with Crippen LogP contribution in [0.4, 0.5) is 0 Å². The van der Waals surface area contributed by atoms with Crippen LogP contribution in [0, 0.1) is 19.8 Å². The van der Waals surface area contributed by atoms with Crippen LogP contribution in [-0.2, 0) is 6.61 Å². The molecule has 4 nitrogen and oxygen atoms in total. The number of rotatable bonds is 5. The molecular weight excluding hydrogens is 332 g/mol. The van der Waals surface area contributed by atoms with Gasteiger partial charge in [0.1, 0.15) is 22.2 Å². The Kier molecular flexibility index (Phi) is 5.74. The maximum absolute atomic E-state index is 12.6. The average Bonchev–Trinajstić information content (AvgIpc) is 2.97. The predicted molar refractivity (Wildman–Crippen MR) is 101 cm³/mol. The Morgan fingerprint density at radius 3 is 2.68 bits per heavy atom. The second-order valence-corrected chi connectivity index (χ2v) is 8.05. The predicted octanol–water partition coefficient (Wildman–Crippen LogP) is 4.65. The van der Waals surface area contributed by atoms with Gasteiger partial charge < -0.3 is 10.1 Å². The third kappa shape index (κ3) is 4.60. The van der Waals surface area contributed by atoms with Gasteiger partial charge in [0, 0.05) is 6.04 Å². The number of nitrogens with zero attached hydrogens (tertiary/aromatic N) is 1. The molecule has 1 amide bonds. The Balaban J connectivity index is 1.61. The van der Waals surface area contributed by atoms with Crippen molar-refractivity contribution in [2.45, 2.75) is 59.1 Å². The highest BCUT2D eigenvalue weighted by molar-refractivity contribution is 7.13. The molecule has 1 saturated carbocycles. The molecule has 0 aliphatic heterocycles. The number of benzene rings is 1. The first kappa shape index (κ1) is 17.9. The van der Waals surface area contributed by atoms with E-state index < -0.39 is 0 Å². The van der Waals surface area contributed by atoms with E-state index in [1.165, 1.54) is 36.2 Å². The molecular formula is C20H26N2O2S. The van der Waals surface area contributed by atoms with Crippen LogP contribution in [0.1, 0.15) is 58.5 Å². The van der Waals surface area contributed by atoms with Crippen LogP contribution in [0.25, 0.3) is 0 Å². The van der Waals surface area contributed by atoms with Gasteiger partial charge in [0.2, 0.25) is 0 Å². The van der Waals surface area contributed by atoms with E-state index in [0.29, 0.717) is 17.4 Å². The minimum absolute atomic E-state index is 0.00957. The van der Waals surface area contributed by atoms with Gasteiger partial charge in [-0.1, -0.05) is 37.5 Å². The lowest BCUT2D eigenvalue weighted by Crippen LogP contribution is -2.40. The number of aromatic nitrogens is 1. The summed E-state index contributed by atoms with van der Waals surface area (Å²) in [5, 5.41) is 4.04. The Morgan fingerprint density at radius 1 is 1.24 bits per heavy atom. The smallest absolute Gasteiger partial charge is 0.263 e. The molecule has 134 valence electrons. The fraction of sp³-hybridized carbons (Fsp3) is 0.500. The Labute approximate surface area is 153 Å². The van der Waals surface area contributed by atoms with Gasteiger partial charge in [-0.3, -0.25) is 4.79 Å². The molecule has 0 bridgehead atoms. The van der Waals surface area contributed by atoms with Crippen LogP contribution in [0.2, 0.25) is 0 Å². The summed E-state index contributed by atoms with van der Waals surface area (Å²) in [5.41, 5.74) is 1.99. The molecule has 25 heavy (non-hydrogen) atoms. The fourth-order valence-electron chi connectivity index (χ4n) is 3.27. The van der Waals surface area contributed by atoms with Crippen LogP contribution in [0.5, 0.6) is 5.75 Å². The highest BCUT2D eigenvalue weighted by atomic mass is 32.1. The molecule has 3 rings (SSSR count). The average molecular weight is 359 g/mol. The number of amides is 1. The van der Waals surface area contributed by atoms with E-state index in [4.69, 9.17) is 4.74 Å². The van der Waals surface area contributed by atoms with E-state index >= 15 is 0 Å². The summed E-state index contributed by atoms with van der Waals surface area (Å²) in [5.74, 6) is 1.38. The third-order valence-electron chi connectivity index (χ3n) is 4.86. The molecule has 0 unspecified atom stereocenters. The van der Waals surface area contributed by atoms with Crippen molar-refractivity contribution in [3.05, 3.63) is 45.4 Å². The molecule has 2 atom stereocenters. The zero-order chi connectivity index (χ0) is 17.8. The zero-order valence-electron chi connectivity index (χ0n) is 15.2. The molecule has 0 spiro atoms. The van der Waals surface area contributed by atoms with Crippen molar-refractivity contribution < 1.29 is 9.53 Å². The van der Waals surface area contributed by atoms with Crippen molar-refractivity contribution in [3.63, 3.8) is 0 Å². The van der Waals surface area contributed by atoms with Gasteiger partial charge >= 0.3 is 0 Å². The second kappa shape index (κ2) is 8.00. The van der Waals surface area contributed by atoms with Crippen LogP contribution >= 0.6 is 11.3 Å². The summed E-state index contributed by atoms with van der Waals surface area (Å²) in [6, 6.07) is 8.23. The molecule has 1 N–H and O–H groups in total. The Bertz CT molecular complexity index is 724. The molecule has 5 heteroatoms. The summed E-state index contributed by atoms with van der Waals surface area (Å²) >= 11 is 1.43. The summed E-state index contributed by atoms with van der Waals surface area (Å²) in [6.07, 6.45) is 4.75. The number of hydrogen-bond donors (Lipinski definition) is 1. The number of nitrogens with one attached hydrogen (secondary N) is 1. The number of thiazole rings is 1. The molecule has 1 aliphatic rings. The molecule has 2 aromatic rings. The lowest BCUT2D eigenvalue weighted by Gasteiger charge is -2.29. The van der Waals surface area contributed by atoms with Crippen LogP contribution < -0.4 is 10.1 Å². The molecule has 1 aromatic heterocycles. The first-order valence-corrected chi connectivity index (χ1v) is 9.81. The molecule has 0 saturated heterocycles. The SMILES string of the molecule is Cc1ccc(OCc2nc(C)c(C(=O)N[C@H]3CCCC[C@@H]3C)s2)cc1. The molecule has 1 aliphatic carbocycles. The number of hydrogen-bond acceptors (Lipinski definition) is 4. The van der Waals surface area contributed by atoms with Crippen molar-refractivity contribution in [2.75, 3.05) is 0 Å². The summed E-state index contributed by atoms with van der Waals surface area (Å²) in [6.45, 7) is 6.56. The minimum Gasteiger partial charge on any atom is -0.486 e. The fourth-order valence-corrected chi connectivity index (χ4v) is 4.15. The second-order valence-electron chi connectivity index (χ2n) is 6.97. The molecule has 0 radical (unpaired) electrons. The number of carbonyl (C=O) groups excluding carboxylic acids is 1. The first-order valence-electron chi connectivity index (χ1n) is 8.99.